The van der Waals surface area contributed by atoms with E-state index in [1.807, 2.05) is 0 Å². The number of halogens is 3. The number of alkyl halides is 3. The van der Waals surface area contributed by atoms with Gasteiger partial charge in [-0.3, -0.25) is 14.4 Å². The lowest BCUT2D eigenvalue weighted by atomic mass is 9.82. The Bertz CT molecular complexity index is 1140. The number of allylic oxidation sites excluding steroid dienone is 1. The molecule has 0 aromatic heterocycles. The molecule has 1 heterocycles. The largest absolute Gasteiger partial charge is 0.425 e. The number of Topliss-reactive ketones (excluding diaryl/α,β-unsaturated/α-hetero) is 1. The zero-order valence-corrected chi connectivity index (χ0v) is 19.4. The number of amides is 2. The minimum Gasteiger partial charge on any atom is -0.330 e. The van der Waals surface area contributed by atoms with Gasteiger partial charge in [0.1, 0.15) is 0 Å². The summed E-state index contributed by atoms with van der Waals surface area (Å²) in [6.07, 6.45) is -1.96. The summed E-state index contributed by atoms with van der Waals surface area (Å²) in [7, 11) is 0. The Kier molecular flexibility index (Phi) is 6.83. The predicted molar refractivity (Wildman–Crippen MR) is 124 cm³/mol. The van der Waals surface area contributed by atoms with Crippen molar-refractivity contribution in [3.63, 3.8) is 0 Å². The van der Waals surface area contributed by atoms with Gasteiger partial charge in [-0.05, 0) is 25.3 Å². The molecule has 2 aliphatic rings. The van der Waals surface area contributed by atoms with Gasteiger partial charge < -0.3 is 10.2 Å². The van der Waals surface area contributed by atoms with Crippen molar-refractivity contribution >= 4 is 17.6 Å². The maximum absolute atomic E-state index is 15.0. The molecule has 1 fully saturated rings. The Labute approximate surface area is 202 Å². The molecule has 0 bridgehead atoms. The van der Waals surface area contributed by atoms with E-state index in [1.54, 1.807) is 36.4 Å². The zero-order valence-electron chi connectivity index (χ0n) is 19.4. The van der Waals surface area contributed by atoms with Crippen molar-refractivity contribution in [1.82, 2.24) is 10.2 Å². The molecule has 1 aliphatic heterocycles. The van der Waals surface area contributed by atoms with Crippen LogP contribution in [0.4, 0.5) is 13.2 Å². The summed E-state index contributed by atoms with van der Waals surface area (Å²) in [5.74, 6) is -3.78. The Hall–Kier alpha value is -3.42. The van der Waals surface area contributed by atoms with E-state index in [2.05, 4.69) is 5.32 Å². The van der Waals surface area contributed by atoms with Crippen molar-refractivity contribution in [2.45, 2.75) is 57.3 Å². The number of nitrogens with one attached hydrogen (secondary N) is 1. The summed E-state index contributed by atoms with van der Waals surface area (Å²) < 4.78 is 44.9. The van der Waals surface area contributed by atoms with Crippen molar-refractivity contribution in [3.05, 3.63) is 83.1 Å². The molecule has 1 N–H and O–H groups in total. The van der Waals surface area contributed by atoms with Gasteiger partial charge in [0.25, 0.3) is 5.91 Å². The van der Waals surface area contributed by atoms with Crippen LogP contribution in [0.15, 0.2) is 71.9 Å². The van der Waals surface area contributed by atoms with E-state index in [0.29, 0.717) is 18.4 Å². The first-order valence-corrected chi connectivity index (χ1v) is 11.7. The number of nitrogens with zero attached hydrogens (tertiary/aromatic N) is 1. The third kappa shape index (κ3) is 4.49. The molecule has 1 saturated carbocycles. The Balaban J connectivity index is 1.84. The van der Waals surface area contributed by atoms with Gasteiger partial charge >= 0.3 is 6.18 Å². The molecule has 4 rings (SSSR count). The molecule has 0 spiro atoms. The molecule has 35 heavy (non-hydrogen) atoms. The molecule has 0 unspecified atom stereocenters. The molecule has 0 saturated heterocycles. The average Bonchev–Trinajstić information content (AvgIpc) is 3.07. The van der Waals surface area contributed by atoms with E-state index in [9.17, 15) is 27.6 Å². The smallest absolute Gasteiger partial charge is 0.330 e. The molecule has 0 radical (unpaired) electrons. The third-order valence-corrected chi connectivity index (χ3v) is 6.87. The zero-order chi connectivity index (χ0) is 25.2. The number of rotatable bonds is 6. The van der Waals surface area contributed by atoms with Gasteiger partial charge in [-0.15, -0.1) is 0 Å². The highest BCUT2D eigenvalue weighted by Gasteiger charge is 2.70. The summed E-state index contributed by atoms with van der Waals surface area (Å²) >= 11 is 0. The van der Waals surface area contributed by atoms with Crippen LogP contribution in [0, 0.1) is 5.92 Å². The van der Waals surface area contributed by atoms with Crippen LogP contribution in [0.2, 0.25) is 0 Å². The van der Waals surface area contributed by atoms with Crippen molar-refractivity contribution in [3.8, 4) is 0 Å². The highest BCUT2D eigenvalue weighted by Crippen LogP contribution is 2.46. The number of hydrogen-bond acceptors (Lipinski definition) is 3. The summed E-state index contributed by atoms with van der Waals surface area (Å²) in [5.41, 5.74) is -3.71. The van der Waals surface area contributed by atoms with Crippen LogP contribution in [-0.2, 0) is 16.1 Å². The standard InChI is InChI=1S/C27H27F3N2O3/c1-18-22(23(33)20-13-7-3-8-14-20)26(27(28,29)30,31-24(34)21-15-9-4-10-16-21)25(35)32(18)17-19-11-5-2-6-12-19/h2-3,5-8,11-14,21H,4,9-10,15-17H2,1H3,(H,31,34)/t26-/m0/s1. The molecule has 2 aromatic rings. The number of hydrogen-bond donors (Lipinski definition) is 1. The second kappa shape index (κ2) is 9.68. The van der Waals surface area contributed by atoms with Crippen molar-refractivity contribution < 1.29 is 27.6 Å². The highest BCUT2D eigenvalue weighted by atomic mass is 19.4. The monoisotopic (exact) mass is 484 g/mol. The minimum absolute atomic E-state index is 0.0109. The fourth-order valence-corrected chi connectivity index (χ4v) is 4.99. The first kappa shape index (κ1) is 24.7. The molecule has 1 atom stereocenters. The van der Waals surface area contributed by atoms with E-state index in [-0.39, 0.29) is 17.8 Å². The van der Waals surface area contributed by atoms with Crippen molar-refractivity contribution in [2.75, 3.05) is 0 Å². The van der Waals surface area contributed by atoms with Crippen molar-refractivity contribution in [1.29, 1.82) is 0 Å². The maximum Gasteiger partial charge on any atom is 0.425 e. The summed E-state index contributed by atoms with van der Waals surface area (Å²) in [6, 6.07) is 16.1. The molecule has 2 amide bonds. The first-order chi connectivity index (χ1) is 16.7. The lowest BCUT2D eigenvalue weighted by Gasteiger charge is -2.35. The molecular formula is C27H27F3N2O3. The van der Waals surface area contributed by atoms with Crippen LogP contribution in [-0.4, -0.2) is 34.2 Å². The maximum atomic E-state index is 15.0. The van der Waals surface area contributed by atoms with Crippen LogP contribution in [0.1, 0.15) is 54.9 Å². The highest BCUT2D eigenvalue weighted by molar-refractivity contribution is 6.19. The Morgan fingerprint density at radius 1 is 0.971 bits per heavy atom. The lowest BCUT2D eigenvalue weighted by Crippen LogP contribution is -2.66. The molecule has 1 aliphatic carbocycles. The van der Waals surface area contributed by atoms with Gasteiger partial charge in [0.15, 0.2) is 5.78 Å². The number of carbonyl (C=O) groups is 3. The molecule has 5 nitrogen and oxygen atoms in total. The summed E-state index contributed by atoms with van der Waals surface area (Å²) in [5, 5.41) is 2.06. The van der Waals surface area contributed by atoms with Crippen LogP contribution < -0.4 is 5.32 Å². The van der Waals surface area contributed by atoms with E-state index >= 15 is 0 Å². The van der Waals surface area contributed by atoms with E-state index in [1.165, 1.54) is 31.2 Å². The van der Waals surface area contributed by atoms with Crippen LogP contribution in [0.5, 0.6) is 0 Å². The average molecular weight is 485 g/mol. The van der Waals surface area contributed by atoms with E-state index in [4.69, 9.17) is 0 Å². The third-order valence-electron chi connectivity index (χ3n) is 6.87. The summed E-state index contributed by atoms with van der Waals surface area (Å²) in [6.45, 7) is 1.17. The predicted octanol–water partition coefficient (Wildman–Crippen LogP) is 5.18. The second-order valence-electron chi connectivity index (χ2n) is 9.10. The molecule has 2 aromatic carbocycles. The van der Waals surface area contributed by atoms with E-state index in [0.717, 1.165) is 24.2 Å². The quantitative estimate of drug-likeness (QED) is 0.575. The second-order valence-corrected chi connectivity index (χ2v) is 9.10. The Morgan fingerprint density at radius 3 is 2.11 bits per heavy atom. The van der Waals surface area contributed by atoms with E-state index < -0.39 is 40.8 Å². The number of benzene rings is 2. The van der Waals surface area contributed by atoms with Crippen LogP contribution in [0.3, 0.4) is 0 Å². The van der Waals surface area contributed by atoms with Gasteiger partial charge in [-0.25, -0.2) is 0 Å². The SMILES string of the molecule is CC1=C(C(=O)c2ccccc2)[C@@](NC(=O)C2CCCCC2)(C(F)(F)F)C(=O)N1Cc1ccccc1. The normalized spacial score (nSPS) is 21.4. The van der Waals surface area contributed by atoms with Crippen LogP contribution >= 0.6 is 0 Å². The molecular weight excluding hydrogens is 457 g/mol. The van der Waals surface area contributed by atoms with Gasteiger partial charge in [-0.2, -0.15) is 13.2 Å². The van der Waals surface area contributed by atoms with Gasteiger partial charge in [0, 0.05) is 17.2 Å². The lowest BCUT2D eigenvalue weighted by molar-refractivity contribution is -0.194. The Morgan fingerprint density at radius 2 is 1.54 bits per heavy atom. The minimum atomic E-state index is -5.24. The molecule has 8 heteroatoms. The van der Waals surface area contributed by atoms with Gasteiger partial charge in [0.05, 0.1) is 12.1 Å². The van der Waals surface area contributed by atoms with Gasteiger partial charge in [-0.1, -0.05) is 79.9 Å². The van der Waals surface area contributed by atoms with Crippen LogP contribution in [0.25, 0.3) is 0 Å². The van der Waals surface area contributed by atoms with Crippen molar-refractivity contribution in [2.24, 2.45) is 5.92 Å². The fourth-order valence-electron chi connectivity index (χ4n) is 4.99. The molecule has 184 valence electrons. The topological polar surface area (TPSA) is 66.5 Å². The summed E-state index contributed by atoms with van der Waals surface area (Å²) in [4.78, 5) is 41.3. The first-order valence-electron chi connectivity index (χ1n) is 11.7. The van der Waals surface area contributed by atoms with Gasteiger partial charge in [0.2, 0.25) is 11.4 Å². The number of ketones is 1. The number of carbonyl (C=O) groups excluding carboxylic acids is 3. The fraction of sp³-hybridized carbons (Fsp3) is 0.370.